The number of aryl methyl sites for hydroxylation is 1. The van der Waals surface area contributed by atoms with Crippen LogP contribution in [0.1, 0.15) is 33.5 Å². The van der Waals surface area contributed by atoms with E-state index in [0.717, 1.165) is 4.47 Å². The SMILES string of the molecule is C=CCOc1cccc(C2c3c(oc4ccc(Br)cc4c3=O)C(=O)N2c2cc(C)on2)c1. The molecule has 0 fully saturated rings. The Bertz CT molecular complexity index is 1440. The zero-order valence-corrected chi connectivity index (χ0v) is 18.6. The van der Waals surface area contributed by atoms with Crippen LogP contribution >= 0.6 is 15.9 Å². The molecule has 32 heavy (non-hydrogen) atoms. The third kappa shape index (κ3) is 3.23. The molecule has 0 radical (unpaired) electrons. The van der Waals surface area contributed by atoms with E-state index in [9.17, 15) is 9.59 Å². The molecular weight excluding hydrogens is 476 g/mol. The van der Waals surface area contributed by atoms with Crippen molar-refractivity contribution in [2.24, 2.45) is 0 Å². The number of benzene rings is 2. The van der Waals surface area contributed by atoms with Gasteiger partial charge < -0.3 is 13.7 Å². The predicted octanol–water partition coefficient (Wildman–Crippen LogP) is 5.17. The first-order valence-corrected chi connectivity index (χ1v) is 10.6. The molecule has 7 nitrogen and oxygen atoms in total. The largest absolute Gasteiger partial charge is 0.490 e. The van der Waals surface area contributed by atoms with Gasteiger partial charge in [0.15, 0.2) is 11.2 Å². The van der Waals surface area contributed by atoms with Gasteiger partial charge in [0.05, 0.1) is 17.0 Å². The number of aromatic nitrogens is 1. The zero-order valence-electron chi connectivity index (χ0n) is 17.0. The van der Waals surface area contributed by atoms with E-state index in [1.165, 1.54) is 4.90 Å². The highest BCUT2D eigenvalue weighted by atomic mass is 79.9. The molecule has 1 unspecified atom stereocenters. The Morgan fingerprint density at radius 3 is 2.81 bits per heavy atom. The summed E-state index contributed by atoms with van der Waals surface area (Å²) in [6, 6.07) is 13.2. The number of hydrogen-bond donors (Lipinski definition) is 0. The van der Waals surface area contributed by atoms with E-state index in [1.54, 1.807) is 49.4 Å². The molecule has 1 atom stereocenters. The Morgan fingerprint density at radius 1 is 1.22 bits per heavy atom. The maximum absolute atomic E-state index is 13.6. The van der Waals surface area contributed by atoms with Gasteiger partial charge in [0.25, 0.3) is 5.91 Å². The van der Waals surface area contributed by atoms with E-state index in [4.69, 9.17) is 13.7 Å². The summed E-state index contributed by atoms with van der Waals surface area (Å²) in [6.07, 6.45) is 1.64. The van der Waals surface area contributed by atoms with Crippen molar-refractivity contribution < 1.29 is 18.5 Å². The molecule has 1 aliphatic heterocycles. The average Bonchev–Trinajstić information content (AvgIpc) is 3.34. The summed E-state index contributed by atoms with van der Waals surface area (Å²) in [6.45, 7) is 5.73. The summed E-state index contributed by atoms with van der Waals surface area (Å²) < 4.78 is 17.6. The maximum Gasteiger partial charge on any atom is 0.296 e. The Morgan fingerprint density at radius 2 is 2.06 bits per heavy atom. The standard InChI is InChI=1S/C24H17BrN2O5/c1-3-9-30-16-6-4-5-14(11-16)21-20-22(28)17-12-15(25)7-8-18(17)31-23(20)24(29)27(21)19-10-13(2)32-26-19/h3-8,10-12,21H,1,9H2,2H3. The van der Waals surface area contributed by atoms with Gasteiger partial charge in [0.2, 0.25) is 5.76 Å². The van der Waals surface area contributed by atoms with Crippen LogP contribution in [0.3, 0.4) is 0 Å². The van der Waals surface area contributed by atoms with E-state index in [0.29, 0.717) is 40.5 Å². The Labute approximate surface area is 191 Å². The molecule has 2 aromatic heterocycles. The van der Waals surface area contributed by atoms with E-state index >= 15 is 0 Å². The van der Waals surface area contributed by atoms with Gasteiger partial charge >= 0.3 is 0 Å². The van der Waals surface area contributed by atoms with Crippen LogP contribution in [0.25, 0.3) is 11.0 Å². The van der Waals surface area contributed by atoms with E-state index < -0.39 is 11.9 Å². The van der Waals surface area contributed by atoms with Crippen molar-refractivity contribution in [2.75, 3.05) is 11.5 Å². The molecule has 0 saturated carbocycles. The van der Waals surface area contributed by atoms with Crippen molar-refractivity contribution in [1.82, 2.24) is 5.16 Å². The van der Waals surface area contributed by atoms with Crippen molar-refractivity contribution in [3.8, 4) is 5.75 Å². The van der Waals surface area contributed by atoms with Gasteiger partial charge in [-0.3, -0.25) is 14.5 Å². The maximum atomic E-state index is 13.6. The first kappa shape index (κ1) is 20.3. The monoisotopic (exact) mass is 492 g/mol. The number of nitrogens with zero attached hydrogens (tertiary/aromatic N) is 2. The fraction of sp³-hybridized carbons (Fsp3) is 0.125. The highest BCUT2D eigenvalue weighted by Gasteiger charge is 2.45. The van der Waals surface area contributed by atoms with Gasteiger partial charge in [-0.25, -0.2) is 0 Å². The first-order chi connectivity index (χ1) is 15.5. The van der Waals surface area contributed by atoms with Crippen LogP contribution in [0, 0.1) is 6.92 Å². The summed E-state index contributed by atoms with van der Waals surface area (Å²) in [4.78, 5) is 28.5. The van der Waals surface area contributed by atoms with Crippen molar-refractivity contribution in [3.05, 3.63) is 98.5 Å². The minimum absolute atomic E-state index is 0.00658. The fourth-order valence-electron chi connectivity index (χ4n) is 3.89. The third-order valence-corrected chi connectivity index (χ3v) is 5.73. The molecule has 0 N–H and O–H groups in total. The van der Waals surface area contributed by atoms with Crippen molar-refractivity contribution >= 4 is 38.6 Å². The minimum atomic E-state index is -0.756. The highest BCUT2D eigenvalue weighted by Crippen LogP contribution is 2.41. The first-order valence-electron chi connectivity index (χ1n) is 9.84. The second-order valence-electron chi connectivity index (χ2n) is 7.36. The number of fused-ring (bicyclic) bond motifs is 2. The Kier molecular flexibility index (Phi) is 4.94. The second kappa shape index (κ2) is 7.80. The van der Waals surface area contributed by atoms with Crippen LogP contribution in [0.5, 0.6) is 5.75 Å². The molecule has 0 saturated heterocycles. The minimum Gasteiger partial charge on any atom is -0.490 e. The Hall–Kier alpha value is -3.65. The molecule has 0 bridgehead atoms. The van der Waals surface area contributed by atoms with Crippen LogP contribution < -0.4 is 15.1 Å². The van der Waals surface area contributed by atoms with Crippen LogP contribution in [0.4, 0.5) is 5.82 Å². The number of halogens is 1. The quantitative estimate of drug-likeness (QED) is 0.357. The number of hydrogen-bond acceptors (Lipinski definition) is 6. The normalized spacial score (nSPS) is 15.2. The molecule has 0 aliphatic carbocycles. The van der Waals surface area contributed by atoms with E-state index in [1.807, 2.05) is 12.1 Å². The van der Waals surface area contributed by atoms with Crippen molar-refractivity contribution in [1.29, 1.82) is 0 Å². The number of carbonyl (C=O) groups is 1. The summed E-state index contributed by atoms with van der Waals surface area (Å²) in [5.74, 6) is 0.961. The number of ether oxygens (including phenoxy) is 1. The molecule has 2 aromatic carbocycles. The van der Waals surface area contributed by atoms with Gasteiger partial charge in [-0.1, -0.05) is 45.9 Å². The number of anilines is 1. The summed E-state index contributed by atoms with van der Waals surface area (Å²) in [7, 11) is 0. The van der Waals surface area contributed by atoms with Crippen LogP contribution in [0.2, 0.25) is 0 Å². The van der Waals surface area contributed by atoms with Crippen molar-refractivity contribution in [3.63, 3.8) is 0 Å². The van der Waals surface area contributed by atoms with Crippen LogP contribution in [-0.4, -0.2) is 17.7 Å². The topological polar surface area (TPSA) is 85.8 Å². The lowest BCUT2D eigenvalue weighted by Gasteiger charge is -2.22. The molecule has 160 valence electrons. The predicted molar refractivity (Wildman–Crippen MR) is 122 cm³/mol. The fourth-order valence-corrected chi connectivity index (χ4v) is 4.25. The van der Waals surface area contributed by atoms with Crippen LogP contribution in [-0.2, 0) is 0 Å². The number of carbonyl (C=O) groups excluding carboxylic acids is 1. The molecular formula is C24H17BrN2O5. The molecule has 5 rings (SSSR count). The van der Waals surface area contributed by atoms with Gasteiger partial charge in [-0.2, -0.15) is 0 Å². The zero-order chi connectivity index (χ0) is 22.4. The molecule has 4 aromatic rings. The van der Waals surface area contributed by atoms with Gasteiger partial charge in [0.1, 0.15) is 23.7 Å². The summed E-state index contributed by atoms with van der Waals surface area (Å²) in [5.41, 5.74) is 0.995. The Balaban J connectivity index is 1.77. The second-order valence-corrected chi connectivity index (χ2v) is 8.28. The average molecular weight is 493 g/mol. The van der Waals surface area contributed by atoms with E-state index in [-0.39, 0.29) is 16.8 Å². The summed E-state index contributed by atoms with van der Waals surface area (Å²) >= 11 is 3.40. The van der Waals surface area contributed by atoms with E-state index in [2.05, 4.69) is 27.7 Å². The molecule has 1 aliphatic rings. The van der Waals surface area contributed by atoms with Gasteiger partial charge in [0, 0.05) is 10.5 Å². The molecule has 8 heteroatoms. The van der Waals surface area contributed by atoms with Gasteiger partial charge in [-0.05, 0) is 42.8 Å². The van der Waals surface area contributed by atoms with Gasteiger partial charge in [-0.15, -0.1) is 0 Å². The molecule has 1 amide bonds. The lowest BCUT2D eigenvalue weighted by atomic mass is 9.98. The lowest BCUT2D eigenvalue weighted by molar-refractivity contribution is 0.0969. The number of rotatable bonds is 5. The van der Waals surface area contributed by atoms with Crippen molar-refractivity contribution in [2.45, 2.75) is 13.0 Å². The smallest absolute Gasteiger partial charge is 0.296 e. The summed E-state index contributed by atoms with van der Waals surface area (Å²) in [5, 5.41) is 4.41. The number of amides is 1. The molecule has 3 heterocycles. The molecule has 0 spiro atoms. The van der Waals surface area contributed by atoms with Crippen LogP contribution in [0.15, 0.2) is 79.4 Å². The highest BCUT2D eigenvalue weighted by molar-refractivity contribution is 9.10. The lowest BCUT2D eigenvalue weighted by Crippen LogP contribution is -2.29. The third-order valence-electron chi connectivity index (χ3n) is 5.24.